The Labute approximate surface area is 193 Å². The molecule has 33 heavy (non-hydrogen) atoms. The fraction of sp³-hybridized carbons (Fsp3) is 0.286. The number of nitrogens with zero attached hydrogens (tertiary/aromatic N) is 1. The molecular formula is C28H28NO4+. The Hall–Kier alpha value is -3.44. The minimum atomic E-state index is -1.04. The lowest BCUT2D eigenvalue weighted by atomic mass is 9.54. The highest BCUT2D eigenvalue weighted by atomic mass is 16.4. The first-order valence-electron chi connectivity index (χ1n) is 11.3. The van der Waals surface area contributed by atoms with Gasteiger partial charge in [0.25, 0.3) is 0 Å². The quantitative estimate of drug-likeness (QED) is 0.553. The zero-order valence-electron chi connectivity index (χ0n) is 18.8. The highest BCUT2D eigenvalue weighted by Gasteiger charge is 2.55. The van der Waals surface area contributed by atoms with E-state index in [0.29, 0.717) is 0 Å². The summed E-state index contributed by atoms with van der Waals surface area (Å²) in [5.41, 5.74) is 6.24. The van der Waals surface area contributed by atoms with Crippen LogP contribution in [0.5, 0.6) is 0 Å². The largest absolute Gasteiger partial charge is 0.481 e. The van der Waals surface area contributed by atoms with Gasteiger partial charge in [-0.25, -0.2) is 0 Å². The van der Waals surface area contributed by atoms with E-state index in [2.05, 4.69) is 38.4 Å². The molecule has 3 aromatic carbocycles. The van der Waals surface area contributed by atoms with Gasteiger partial charge < -0.3 is 14.7 Å². The smallest absolute Gasteiger partial charge is 0.308 e. The summed E-state index contributed by atoms with van der Waals surface area (Å²) in [6.07, 6.45) is 0. The molecule has 3 aliphatic carbocycles. The second-order valence-corrected chi connectivity index (χ2v) is 10.0. The molecular weight excluding hydrogens is 414 g/mol. The van der Waals surface area contributed by atoms with E-state index in [1.165, 1.54) is 5.56 Å². The van der Waals surface area contributed by atoms with Crippen LogP contribution in [0.3, 0.4) is 0 Å². The molecule has 0 saturated heterocycles. The molecule has 5 nitrogen and oxygen atoms in total. The Morgan fingerprint density at radius 2 is 1.15 bits per heavy atom. The number of quaternary nitrogens is 1. The molecule has 168 valence electrons. The van der Waals surface area contributed by atoms with E-state index in [0.717, 1.165) is 45.4 Å². The van der Waals surface area contributed by atoms with Gasteiger partial charge in [-0.3, -0.25) is 9.59 Å². The lowest BCUT2D eigenvalue weighted by Crippen LogP contribution is -2.47. The highest BCUT2D eigenvalue weighted by molar-refractivity contribution is 5.86. The van der Waals surface area contributed by atoms with Crippen molar-refractivity contribution in [3.63, 3.8) is 0 Å². The number of hydrogen-bond acceptors (Lipinski definition) is 2. The molecule has 4 atom stereocenters. The van der Waals surface area contributed by atoms with Crippen LogP contribution >= 0.6 is 0 Å². The Morgan fingerprint density at radius 3 is 1.73 bits per heavy atom. The molecule has 2 N–H and O–H groups in total. The van der Waals surface area contributed by atoms with Crippen molar-refractivity contribution in [3.05, 3.63) is 106 Å². The highest BCUT2D eigenvalue weighted by Crippen LogP contribution is 2.58. The van der Waals surface area contributed by atoms with E-state index in [-0.39, 0.29) is 0 Å². The van der Waals surface area contributed by atoms with Crippen molar-refractivity contribution in [1.29, 1.82) is 0 Å². The molecule has 3 aromatic rings. The van der Waals surface area contributed by atoms with E-state index in [4.69, 9.17) is 0 Å². The third-order valence-electron chi connectivity index (χ3n) is 7.23. The molecule has 0 amide bonds. The van der Waals surface area contributed by atoms with Crippen LogP contribution in [0.1, 0.15) is 45.2 Å². The third kappa shape index (κ3) is 3.62. The second kappa shape index (κ2) is 7.85. The van der Waals surface area contributed by atoms with Crippen molar-refractivity contribution in [2.24, 2.45) is 11.8 Å². The summed E-state index contributed by atoms with van der Waals surface area (Å²) in [6.45, 7) is 1.67. The van der Waals surface area contributed by atoms with Crippen molar-refractivity contribution in [2.45, 2.75) is 24.9 Å². The van der Waals surface area contributed by atoms with Crippen LogP contribution in [0.4, 0.5) is 0 Å². The molecule has 0 radical (unpaired) electrons. The van der Waals surface area contributed by atoms with Crippen LogP contribution in [-0.2, 0) is 22.7 Å². The Morgan fingerprint density at radius 1 is 0.667 bits per heavy atom. The summed E-state index contributed by atoms with van der Waals surface area (Å²) in [7, 11) is 4.38. The average Bonchev–Trinajstić information content (AvgIpc) is 2.78. The van der Waals surface area contributed by atoms with E-state index in [1.807, 2.05) is 48.5 Å². The number of carboxylic acids is 2. The van der Waals surface area contributed by atoms with Gasteiger partial charge in [0.15, 0.2) is 0 Å². The lowest BCUT2D eigenvalue weighted by molar-refractivity contribution is -0.916. The number of rotatable bonds is 6. The molecule has 5 heteroatoms. The van der Waals surface area contributed by atoms with Gasteiger partial charge in [-0.2, -0.15) is 0 Å². The van der Waals surface area contributed by atoms with Gasteiger partial charge in [-0.1, -0.05) is 66.7 Å². The first kappa shape index (κ1) is 21.4. The number of benzene rings is 3. The summed E-state index contributed by atoms with van der Waals surface area (Å²) < 4.78 is 0.758. The van der Waals surface area contributed by atoms with E-state index < -0.39 is 35.6 Å². The first-order chi connectivity index (χ1) is 15.8. The van der Waals surface area contributed by atoms with Gasteiger partial charge in [-0.05, 0) is 28.3 Å². The predicted molar refractivity (Wildman–Crippen MR) is 125 cm³/mol. The van der Waals surface area contributed by atoms with Gasteiger partial charge in [0.2, 0.25) is 0 Å². The molecule has 0 heterocycles. The van der Waals surface area contributed by atoms with Crippen LogP contribution < -0.4 is 0 Å². The molecule has 4 unspecified atom stereocenters. The van der Waals surface area contributed by atoms with Crippen LogP contribution in [0.25, 0.3) is 0 Å². The van der Waals surface area contributed by atoms with Crippen LogP contribution in [0.15, 0.2) is 72.8 Å². The maximum Gasteiger partial charge on any atom is 0.308 e. The van der Waals surface area contributed by atoms with E-state index >= 15 is 0 Å². The molecule has 6 rings (SSSR count). The average molecular weight is 443 g/mol. The van der Waals surface area contributed by atoms with Crippen molar-refractivity contribution in [1.82, 2.24) is 0 Å². The maximum absolute atomic E-state index is 12.3. The number of aliphatic carboxylic acids is 2. The van der Waals surface area contributed by atoms with Crippen LogP contribution in [0.2, 0.25) is 0 Å². The number of carbonyl (C=O) groups is 2. The standard InChI is InChI=1S/C28H27NO4/c1-29(2,15-17-8-4-3-5-9-17)16-18-12-13-21-22(14-18)24-20-11-7-6-10-19(20)23(21)25(27(30)31)26(24)28(32)33/h3-14,23-26H,15-16H2,1-2H3,(H-,30,31,32,33)/p+1. The topological polar surface area (TPSA) is 74.6 Å². The Balaban J connectivity index is 1.56. The fourth-order valence-electron chi connectivity index (χ4n) is 6.10. The van der Waals surface area contributed by atoms with Crippen molar-refractivity contribution < 1.29 is 24.3 Å². The molecule has 0 spiro atoms. The van der Waals surface area contributed by atoms with Crippen LogP contribution in [-0.4, -0.2) is 40.7 Å². The van der Waals surface area contributed by atoms with E-state index in [9.17, 15) is 19.8 Å². The zero-order valence-corrected chi connectivity index (χ0v) is 18.8. The summed E-state index contributed by atoms with van der Waals surface area (Å²) in [5, 5.41) is 20.1. The number of fused-ring (bicyclic) bond motifs is 1. The van der Waals surface area contributed by atoms with Gasteiger partial charge in [-0.15, -0.1) is 0 Å². The Kier molecular flexibility index (Phi) is 5.09. The normalized spacial score (nSPS) is 23.0. The number of hydrogen-bond donors (Lipinski definition) is 2. The van der Waals surface area contributed by atoms with Crippen molar-refractivity contribution >= 4 is 11.9 Å². The summed E-state index contributed by atoms with van der Waals surface area (Å²) in [5.74, 6) is -4.92. The molecule has 0 fully saturated rings. The number of carboxylic acid groups (broad SMARTS) is 2. The molecule has 2 bridgehead atoms. The van der Waals surface area contributed by atoms with Gasteiger partial charge >= 0.3 is 11.9 Å². The molecule has 3 aliphatic rings. The van der Waals surface area contributed by atoms with E-state index in [1.54, 1.807) is 0 Å². The molecule has 0 saturated carbocycles. The predicted octanol–water partition coefficient (Wildman–Crippen LogP) is 4.46. The summed E-state index contributed by atoms with van der Waals surface area (Å²) in [6, 6.07) is 24.4. The van der Waals surface area contributed by atoms with Crippen molar-refractivity contribution in [3.8, 4) is 0 Å². The van der Waals surface area contributed by atoms with Gasteiger partial charge in [0.1, 0.15) is 13.1 Å². The third-order valence-corrected chi connectivity index (χ3v) is 7.23. The second-order valence-electron chi connectivity index (χ2n) is 10.0. The Bertz CT molecular complexity index is 1230. The molecule has 0 aliphatic heterocycles. The van der Waals surface area contributed by atoms with Crippen LogP contribution in [0, 0.1) is 11.8 Å². The molecule has 0 aromatic heterocycles. The zero-order chi connectivity index (χ0) is 23.3. The first-order valence-corrected chi connectivity index (χ1v) is 11.3. The minimum absolute atomic E-state index is 0.444. The monoisotopic (exact) mass is 442 g/mol. The van der Waals surface area contributed by atoms with Gasteiger partial charge in [0, 0.05) is 23.0 Å². The SMILES string of the molecule is C[N+](C)(Cc1ccccc1)Cc1ccc2c(c1)C1c3ccccc3C2C(C(=O)O)C1C(=O)O. The fourth-order valence-corrected chi connectivity index (χ4v) is 6.10. The maximum atomic E-state index is 12.3. The minimum Gasteiger partial charge on any atom is -0.481 e. The summed E-state index contributed by atoms with van der Waals surface area (Å²) in [4.78, 5) is 24.6. The van der Waals surface area contributed by atoms with Crippen molar-refractivity contribution in [2.75, 3.05) is 14.1 Å². The van der Waals surface area contributed by atoms with Gasteiger partial charge in [0.05, 0.1) is 25.9 Å². The lowest BCUT2D eigenvalue weighted by Gasteiger charge is -2.47. The summed E-state index contributed by atoms with van der Waals surface area (Å²) >= 11 is 0.